The molecule has 0 saturated heterocycles. The second kappa shape index (κ2) is 4.17. The highest BCUT2D eigenvalue weighted by atomic mass is 16.5. The highest BCUT2D eigenvalue weighted by molar-refractivity contribution is 5.50. The van der Waals surface area contributed by atoms with Gasteiger partial charge in [-0.2, -0.15) is 5.26 Å². The first kappa shape index (κ1) is 11.0. The van der Waals surface area contributed by atoms with Crippen molar-refractivity contribution >= 4 is 0 Å². The molecule has 0 saturated carbocycles. The number of benzene rings is 1. The van der Waals surface area contributed by atoms with Crippen molar-refractivity contribution in [2.45, 2.75) is 39.0 Å². The molecule has 0 aromatic heterocycles. The van der Waals surface area contributed by atoms with Gasteiger partial charge in [-0.15, -0.1) is 0 Å². The second-order valence-electron chi connectivity index (χ2n) is 4.75. The number of ether oxygens (including phenoxy) is 1. The monoisotopic (exact) mass is 215 g/mol. The largest absolute Gasteiger partial charge is 0.493 e. The summed E-state index contributed by atoms with van der Waals surface area (Å²) in [5.41, 5.74) is 3.53. The van der Waals surface area contributed by atoms with Crippen LogP contribution in [-0.2, 0) is 0 Å². The van der Waals surface area contributed by atoms with Crippen molar-refractivity contribution in [2.75, 3.05) is 6.61 Å². The molecule has 0 radical (unpaired) electrons. The van der Waals surface area contributed by atoms with Crippen LogP contribution < -0.4 is 4.74 Å². The molecule has 1 aliphatic rings. The fourth-order valence-electron chi connectivity index (χ4n) is 2.25. The van der Waals surface area contributed by atoms with Crippen LogP contribution in [-0.4, -0.2) is 6.61 Å². The molecule has 0 aliphatic carbocycles. The van der Waals surface area contributed by atoms with Gasteiger partial charge in [0.15, 0.2) is 0 Å². The lowest BCUT2D eigenvalue weighted by molar-refractivity contribution is 0.276. The quantitative estimate of drug-likeness (QED) is 0.718. The Labute approximate surface area is 96.9 Å². The molecule has 84 valence electrons. The summed E-state index contributed by atoms with van der Waals surface area (Å²) in [6, 6.07) is 6.63. The van der Waals surface area contributed by atoms with Crippen LogP contribution in [0.3, 0.4) is 0 Å². The van der Waals surface area contributed by atoms with E-state index in [9.17, 15) is 0 Å². The van der Waals surface area contributed by atoms with Gasteiger partial charge in [0.05, 0.1) is 18.6 Å². The van der Waals surface area contributed by atoms with E-state index >= 15 is 0 Å². The highest BCUT2D eigenvalue weighted by Gasteiger charge is 2.24. The fourth-order valence-corrected chi connectivity index (χ4v) is 2.25. The van der Waals surface area contributed by atoms with Gasteiger partial charge in [0.25, 0.3) is 0 Å². The summed E-state index contributed by atoms with van der Waals surface area (Å²) in [5, 5.41) is 9.15. The van der Waals surface area contributed by atoms with Crippen LogP contribution >= 0.6 is 0 Å². The van der Waals surface area contributed by atoms with Crippen LogP contribution in [0.25, 0.3) is 0 Å². The summed E-state index contributed by atoms with van der Waals surface area (Å²) < 4.78 is 5.75. The van der Waals surface area contributed by atoms with Crippen molar-refractivity contribution in [3.8, 4) is 11.8 Å². The molecular weight excluding hydrogens is 198 g/mol. The molecule has 1 unspecified atom stereocenters. The summed E-state index contributed by atoms with van der Waals surface area (Å²) >= 11 is 0. The third kappa shape index (κ3) is 1.78. The lowest BCUT2D eigenvalue weighted by atomic mass is 9.88. The standard InChI is InChI=1S/C14H17NO/c1-9(2)12-6-10(3)7-13-11(8-15)4-5-16-14(12)13/h6-7,9,11H,4-5H2,1-3H3. The molecule has 0 bridgehead atoms. The van der Waals surface area contributed by atoms with E-state index in [1.807, 2.05) is 0 Å². The summed E-state index contributed by atoms with van der Waals surface area (Å²) in [6.45, 7) is 7.06. The zero-order chi connectivity index (χ0) is 11.7. The van der Waals surface area contributed by atoms with E-state index in [4.69, 9.17) is 10.00 Å². The number of hydrogen-bond acceptors (Lipinski definition) is 2. The molecule has 1 aliphatic heterocycles. The zero-order valence-corrected chi connectivity index (χ0v) is 10.1. The summed E-state index contributed by atoms with van der Waals surface area (Å²) in [5.74, 6) is 1.39. The maximum Gasteiger partial charge on any atom is 0.127 e. The number of rotatable bonds is 1. The molecule has 1 atom stereocenters. The van der Waals surface area contributed by atoms with Gasteiger partial charge in [-0.25, -0.2) is 0 Å². The number of hydrogen-bond donors (Lipinski definition) is 0. The number of fused-ring (bicyclic) bond motifs is 1. The van der Waals surface area contributed by atoms with Crippen molar-refractivity contribution in [1.29, 1.82) is 5.26 Å². The Morgan fingerprint density at radius 1 is 1.44 bits per heavy atom. The minimum Gasteiger partial charge on any atom is -0.493 e. The average molecular weight is 215 g/mol. The Balaban J connectivity index is 2.59. The maximum absolute atomic E-state index is 9.15. The van der Waals surface area contributed by atoms with Gasteiger partial charge in [0.2, 0.25) is 0 Å². The molecule has 1 heterocycles. The van der Waals surface area contributed by atoms with E-state index in [-0.39, 0.29) is 5.92 Å². The Morgan fingerprint density at radius 3 is 2.81 bits per heavy atom. The first-order valence-electron chi connectivity index (χ1n) is 5.80. The molecule has 0 fully saturated rings. The van der Waals surface area contributed by atoms with Gasteiger partial charge in [0.1, 0.15) is 5.75 Å². The molecule has 0 spiro atoms. The SMILES string of the molecule is Cc1cc(C(C)C)c2c(c1)C(C#N)CCO2. The van der Waals surface area contributed by atoms with E-state index in [0.29, 0.717) is 12.5 Å². The van der Waals surface area contributed by atoms with Crippen molar-refractivity contribution in [3.05, 3.63) is 28.8 Å². The molecule has 2 heteroatoms. The topological polar surface area (TPSA) is 33.0 Å². The van der Waals surface area contributed by atoms with E-state index in [1.54, 1.807) is 0 Å². The number of nitriles is 1. The summed E-state index contributed by atoms with van der Waals surface area (Å²) in [6.07, 6.45) is 0.810. The normalized spacial score (nSPS) is 18.8. The second-order valence-corrected chi connectivity index (χ2v) is 4.75. The van der Waals surface area contributed by atoms with E-state index in [1.165, 1.54) is 11.1 Å². The van der Waals surface area contributed by atoms with E-state index < -0.39 is 0 Å². The predicted molar refractivity (Wildman–Crippen MR) is 63.7 cm³/mol. The molecule has 0 amide bonds. The van der Waals surface area contributed by atoms with Crippen molar-refractivity contribution < 1.29 is 4.74 Å². The Kier molecular flexibility index (Phi) is 2.87. The molecular formula is C14H17NO. The molecule has 1 aromatic carbocycles. The Bertz CT molecular complexity index is 443. The van der Waals surface area contributed by atoms with E-state index in [2.05, 4.69) is 39.0 Å². The minimum absolute atomic E-state index is 0.00106. The van der Waals surface area contributed by atoms with E-state index in [0.717, 1.165) is 17.7 Å². The number of nitrogens with zero attached hydrogens (tertiary/aromatic N) is 1. The van der Waals surface area contributed by atoms with Crippen molar-refractivity contribution in [3.63, 3.8) is 0 Å². The Hall–Kier alpha value is -1.49. The molecule has 0 N–H and O–H groups in total. The first-order chi connectivity index (χ1) is 7.63. The highest BCUT2D eigenvalue weighted by Crippen LogP contribution is 2.39. The molecule has 2 nitrogen and oxygen atoms in total. The maximum atomic E-state index is 9.15. The van der Waals surface area contributed by atoms with Crippen LogP contribution in [0.5, 0.6) is 5.75 Å². The third-order valence-corrected chi connectivity index (χ3v) is 3.10. The lowest BCUT2D eigenvalue weighted by Gasteiger charge is -2.25. The lowest BCUT2D eigenvalue weighted by Crippen LogP contribution is -2.15. The van der Waals surface area contributed by atoms with Crippen LogP contribution in [0.2, 0.25) is 0 Å². The zero-order valence-electron chi connectivity index (χ0n) is 10.1. The molecule has 2 rings (SSSR count). The summed E-state index contributed by atoms with van der Waals surface area (Å²) in [4.78, 5) is 0. The van der Waals surface area contributed by atoms with Gasteiger partial charge in [-0.3, -0.25) is 0 Å². The molecule has 16 heavy (non-hydrogen) atoms. The van der Waals surface area contributed by atoms with Crippen LogP contribution in [0, 0.1) is 18.3 Å². The van der Waals surface area contributed by atoms with Gasteiger partial charge in [0, 0.05) is 12.0 Å². The predicted octanol–water partition coefficient (Wildman–Crippen LogP) is 3.51. The van der Waals surface area contributed by atoms with Crippen LogP contribution in [0.4, 0.5) is 0 Å². The van der Waals surface area contributed by atoms with Gasteiger partial charge in [-0.1, -0.05) is 31.5 Å². The molecule has 1 aromatic rings. The average Bonchev–Trinajstić information content (AvgIpc) is 2.27. The van der Waals surface area contributed by atoms with Crippen LogP contribution in [0.15, 0.2) is 12.1 Å². The van der Waals surface area contributed by atoms with Gasteiger partial charge >= 0.3 is 0 Å². The summed E-state index contributed by atoms with van der Waals surface area (Å²) in [7, 11) is 0. The van der Waals surface area contributed by atoms with Gasteiger partial charge in [-0.05, 0) is 18.4 Å². The third-order valence-electron chi connectivity index (χ3n) is 3.10. The van der Waals surface area contributed by atoms with Crippen LogP contribution in [0.1, 0.15) is 48.8 Å². The first-order valence-corrected chi connectivity index (χ1v) is 5.80. The van der Waals surface area contributed by atoms with Crippen molar-refractivity contribution in [2.24, 2.45) is 0 Å². The van der Waals surface area contributed by atoms with Gasteiger partial charge < -0.3 is 4.74 Å². The smallest absolute Gasteiger partial charge is 0.127 e. The Morgan fingerprint density at radius 2 is 2.19 bits per heavy atom. The number of aryl methyl sites for hydroxylation is 1. The van der Waals surface area contributed by atoms with Crippen molar-refractivity contribution in [1.82, 2.24) is 0 Å². The fraction of sp³-hybridized carbons (Fsp3) is 0.500. The minimum atomic E-state index is 0.00106.